The summed E-state index contributed by atoms with van der Waals surface area (Å²) in [6.07, 6.45) is 2.25. The molecule has 1 saturated carbocycles. The first-order valence-corrected chi connectivity index (χ1v) is 17.3. The minimum absolute atomic E-state index is 0.0294. The molecule has 3 aromatic rings. The third-order valence-corrected chi connectivity index (χ3v) is 11.2. The van der Waals surface area contributed by atoms with E-state index in [2.05, 4.69) is 21.4 Å². The van der Waals surface area contributed by atoms with Gasteiger partial charge >= 0.3 is 0 Å². The number of halogens is 2. The van der Waals surface area contributed by atoms with E-state index in [1.165, 1.54) is 11.6 Å². The largest absolute Gasteiger partial charge is 0.598 e. The lowest BCUT2D eigenvalue weighted by Crippen LogP contribution is -2.52. The molecule has 1 saturated heterocycles. The summed E-state index contributed by atoms with van der Waals surface area (Å²) in [5, 5.41) is 16.9. The zero-order valence-electron chi connectivity index (χ0n) is 26.9. The lowest BCUT2D eigenvalue weighted by molar-refractivity contribution is -0.119. The van der Waals surface area contributed by atoms with Gasteiger partial charge in [0.1, 0.15) is 28.0 Å². The SMILES string of the molecule is CO[C@H]1C[C@H]2C(=O)Nc3cc(ccc3F)C(N[S+]([O-])C(C)(C)C)(c3cccc(C#N)c3)CCC3C/C3=C(\Nc3ccc(Cl)cc3)N2C1. The van der Waals surface area contributed by atoms with Crippen LogP contribution in [0.3, 0.4) is 0 Å². The maximum atomic E-state index is 15.6. The third-order valence-electron chi connectivity index (χ3n) is 9.29. The molecule has 11 heteroatoms. The highest BCUT2D eigenvalue weighted by Gasteiger charge is 2.47. The van der Waals surface area contributed by atoms with Gasteiger partial charge in [0.05, 0.1) is 23.4 Å². The normalized spacial score (nSPS) is 26.5. The van der Waals surface area contributed by atoms with Gasteiger partial charge in [0, 0.05) is 42.1 Å². The molecule has 2 aliphatic heterocycles. The molecule has 6 rings (SSSR count). The van der Waals surface area contributed by atoms with E-state index in [4.69, 9.17) is 16.3 Å². The number of hydrogen-bond acceptors (Lipinski definition) is 7. The van der Waals surface area contributed by atoms with Crippen molar-refractivity contribution in [2.75, 3.05) is 24.3 Å². The second-order valence-electron chi connectivity index (χ2n) is 13.5. The maximum Gasteiger partial charge on any atom is 0.247 e. The highest BCUT2D eigenvalue weighted by Crippen LogP contribution is 2.49. The number of nitrogens with zero attached hydrogens (tertiary/aromatic N) is 2. The quantitative estimate of drug-likeness (QED) is 0.246. The van der Waals surface area contributed by atoms with Crippen molar-refractivity contribution in [1.82, 2.24) is 9.62 Å². The number of ether oxygens (including phenoxy) is 1. The van der Waals surface area contributed by atoms with Crippen molar-refractivity contribution < 1.29 is 18.5 Å². The molecule has 0 spiro atoms. The van der Waals surface area contributed by atoms with E-state index in [1.54, 1.807) is 31.4 Å². The molecule has 1 amide bonds. The molecule has 0 radical (unpaired) electrons. The number of carbonyl (C=O) groups excluding carboxylic acids is 1. The summed E-state index contributed by atoms with van der Waals surface area (Å²) in [6.45, 7) is 6.16. The van der Waals surface area contributed by atoms with Gasteiger partial charge in [-0.3, -0.25) is 4.79 Å². The highest BCUT2D eigenvalue weighted by molar-refractivity contribution is 7.90. The predicted octanol–water partition coefficient (Wildman–Crippen LogP) is 6.81. The van der Waals surface area contributed by atoms with E-state index in [0.717, 1.165) is 23.5 Å². The maximum absolute atomic E-state index is 15.6. The van der Waals surface area contributed by atoms with Gasteiger partial charge in [-0.05, 0) is 111 Å². The first kappa shape index (κ1) is 33.3. The molecule has 0 aromatic heterocycles. The summed E-state index contributed by atoms with van der Waals surface area (Å²) in [5.74, 6) is 0.0735. The van der Waals surface area contributed by atoms with E-state index in [0.29, 0.717) is 42.0 Å². The number of methoxy groups -OCH3 is 1. The second-order valence-corrected chi connectivity index (χ2v) is 15.9. The molecule has 3 aliphatic rings. The van der Waals surface area contributed by atoms with Crippen LogP contribution in [0.5, 0.6) is 0 Å². The van der Waals surface area contributed by atoms with Crippen LogP contribution in [0.25, 0.3) is 0 Å². The Morgan fingerprint density at radius 2 is 1.89 bits per heavy atom. The van der Waals surface area contributed by atoms with E-state index in [1.807, 2.05) is 62.1 Å². The Kier molecular flexibility index (Phi) is 9.31. The molecule has 47 heavy (non-hydrogen) atoms. The van der Waals surface area contributed by atoms with Crippen molar-refractivity contribution in [3.05, 3.63) is 106 Å². The first-order valence-electron chi connectivity index (χ1n) is 15.8. The fourth-order valence-electron chi connectivity index (χ4n) is 6.53. The number of carbonyl (C=O) groups is 1. The summed E-state index contributed by atoms with van der Waals surface area (Å²) in [7, 11) is 1.64. The van der Waals surface area contributed by atoms with Crippen molar-refractivity contribution in [2.45, 2.75) is 68.9 Å². The van der Waals surface area contributed by atoms with Crippen LogP contribution >= 0.6 is 11.6 Å². The van der Waals surface area contributed by atoms with Gasteiger partial charge in [-0.1, -0.05) is 29.8 Å². The van der Waals surface area contributed by atoms with Crippen molar-refractivity contribution >= 4 is 40.2 Å². The zero-order valence-corrected chi connectivity index (χ0v) is 28.5. The van der Waals surface area contributed by atoms with Crippen LogP contribution < -0.4 is 15.4 Å². The number of anilines is 2. The summed E-state index contributed by atoms with van der Waals surface area (Å²) in [6, 6.07) is 20.9. The molecule has 2 bridgehead atoms. The van der Waals surface area contributed by atoms with Crippen LogP contribution in [-0.2, 0) is 26.4 Å². The fraction of sp³-hybridized carbons (Fsp3) is 0.389. The summed E-state index contributed by atoms with van der Waals surface area (Å²) in [4.78, 5) is 16.1. The van der Waals surface area contributed by atoms with E-state index < -0.39 is 33.5 Å². The van der Waals surface area contributed by atoms with E-state index in [9.17, 15) is 14.6 Å². The first-order chi connectivity index (χ1) is 22.4. The minimum Gasteiger partial charge on any atom is -0.598 e. The number of nitriles is 1. The Bertz CT molecular complexity index is 1740. The standard InChI is InChI=1S/C36H39ClFN5O3S/c1-35(2,3)47(45)42-36(24-7-5-6-22(16-24)20-39)15-14-23-17-29(23)33(40-27-11-9-26(37)10-12-27)43-21-28(46-4)19-32(43)34(44)41-31-18-25(36)8-13-30(31)38/h5-13,16,18,23,28,32,40,42H,14-15,17,19,21H2,1-4H3,(H,41,44)/b33-29-/t23?,28-,32-,36?,47?/m0/s1. The molecule has 2 heterocycles. The summed E-state index contributed by atoms with van der Waals surface area (Å²) >= 11 is 4.63. The van der Waals surface area contributed by atoms with Crippen molar-refractivity contribution in [2.24, 2.45) is 5.92 Å². The van der Waals surface area contributed by atoms with Crippen molar-refractivity contribution in [3.8, 4) is 6.07 Å². The van der Waals surface area contributed by atoms with Gasteiger partial charge in [-0.25, -0.2) is 4.39 Å². The smallest absolute Gasteiger partial charge is 0.247 e. The number of allylic oxidation sites excluding steroid dienone is 1. The number of amides is 1. The topological polar surface area (TPSA) is 112 Å². The van der Waals surface area contributed by atoms with Crippen LogP contribution in [-0.4, -0.2) is 45.9 Å². The Balaban J connectivity index is 1.51. The van der Waals surface area contributed by atoms with Gasteiger partial charge in [-0.2, -0.15) is 5.26 Å². The Morgan fingerprint density at radius 3 is 2.60 bits per heavy atom. The van der Waals surface area contributed by atoms with Gasteiger partial charge < -0.3 is 24.8 Å². The molecule has 5 atom stereocenters. The molecular formula is C36H39ClFN5O3S. The van der Waals surface area contributed by atoms with Crippen molar-refractivity contribution in [3.63, 3.8) is 0 Å². The second kappa shape index (κ2) is 13.1. The minimum atomic E-state index is -1.55. The lowest BCUT2D eigenvalue weighted by Gasteiger charge is -2.39. The molecule has 3 N–H and O–H groups in total. The van der Waals surface area contributed by atoms with Crippen LogP contribution in [0.1, 0.15) is 63.1 Å². The number of hydrogen-bond donors (Lipinski definition) is 3. The molecule has 2 fully saturated rings. The summed E-state index contributed by atoms with van der Waals surface area (Å²) in [5.41, 5.74) is 2.80. The predicted molar refractivity (Wildman–Crippen MR) is 183 cm³/mol. The Morgan fingerprint density at radius 1 is 1.15 bits per heavy atom. The van der Waals surface area contributed by atoms with E-state index >= 15 is 4.39 Å². The average Bonchev–Trinajstić information content (AvgIpc) is 3.69. The fourth-order valence-corrected chi connectivity index (χ4v) is 7.61. The number of fused-ring (bicyclic) bond motifs is 4. The summed E-state index contributed by atoms with van der Waals surface area (Å²) < 4.78 is 38.0. The van der Waals surface area contributed by atoms with E-state index in [-0.39, 0.29) is 23.6 Å². The molecule has 8 nitrogen and oxygen atoms in total. The monoisotopic (exact) mass is 675 g/mol. The molecule has 3 aromatic carbocycles. The van der Waals surface area contributed by atoms with Crippen LogP contribution in [0.2, 0.25) is 5.02 Å². The molecule has 3 unspecified atom stereocenters. The average molecular weight is 676 g/mol. The lowest BCUT2D eigenvalue weighted by atomic mass is 9.78. The number of nitrogens with one attached hydrogen (secondary N) is 3. The highest BCUT2D eigenvalue weighted by atomic mass is 35.5. The van der Waals surface area contributed by atoms with Crippen LogP contribution in [0, 0.1) is 23.1 Å². The molecule has 1 aliphatic carbocycles. The number of rotatable bonds is 6. The molecular weight excluding hydrogens is 637 g/mol. The Hall–Kier alpha value is -3.59. The van der Waals surface area contributed by atoms with Gasteiger partial charge in [0.2, 0.25) is 5.91 Å². The molecule has 246 valence electrons. The Labute approximate surface area is 283 Å². The van der Waals surface area contributed by atoms with Gasteiger partial charge in [0.25, 0.3) is 0 Å². The van der Waals surface area contributed by atoms with Crippen LogP contribution in [0.15, 0.2) is 78.1 Å². The zero-order chi connectivity index (χ0) is 33.5. The van der Waals surface area contributed by atoms with Crippen molar-refractivity contribution in [1.29, 1.82) is 5.26 Å². The van der Waals surface area contributed by atoms with Gasteiger partial charge in [-0.15, -0.1) is 4.72 Å². The number of benzene rings is 3. The third kappa shape index (κ3) is 6.87. The van der Waals surface area contributed by atoms with Crippen LogP contribution in [0.4, 0.5) is 15.8 Å². The van der Waals surface area contributed by atoms with Gasteiger partial charge in [0.15, 0.2) is 0 Å².